The maximum Gasteiger partial charge on any atom is 0.411 e. The number of primary amides is 1. The molecule has 1 saturated carbocycles. The Bertz CT molecular complexity index is 2040. The number of likely N-dealkylation sites (N-methyl/N-ethyl adjacent to an activating group) is 1. The molecule has 0 aromatic heterocycles. The van der Waals surface area contributed by atoms with Crippen LogP contribution in [0.1, 0.15) is 41.0 Å². The molecule has 0 spiro atoms. The van der Waals surface area contributed by atoms with Crippen molar-refractivity contribution >= 4 is 35.0 Å². The Labute approximate surface area is 285 Å². The van der Waals surface area contributed by atoms with Crippen LogP contribution in [0, 0.1) is 11.8 Å². The molecule has 3 unspecified atom stereocenters. The number of fused-ring (bicyclic) bond motifs is 6. The van der Waals surface area contributed by atoms with Crippen molar-refractivity contribution in [2.24, 2.45) is 17.6 Å². The number of hydrogen-bond donors (Lipinski definition) is 7. The zero-order valence-corrected chi connectivity index (χ0v) is 27.2. The van der Waals surface area contributed by atoms with Gasteiger partial charge in [-0.2, -0.15) is 0 Å². The molecule has 0 aliphatic heterocycles. The number of anilines is 1. The Kier molecular flexibility index (Phi) is 7.62. The topological polar surface area (TPSA) is 220 Å². The first-order valence-electron chi connectivity index (χ1n) is 16.0. The van der Waals surface area contributed by atoms with E-state index in [1.165, 1.54) is 31.1 Å². The number of nitrogens with one attached hydrogen (secondary N) is 1. The number of phenols is 1. The van der Waals surface area contributed by atoms with Crippen molar-refractivity contribution in [2.45, 2.75) is 36.5 Å². The molecule has 2 amide bonds. The van der Waals surface area contributed by atoms with E-state index in [-0.39, 0.29) is 23.8 Å². The van der Waals surface area contributed by atoms with Gasteiger partial charge in [-0.15, -0.1) is 0 Å². The second-order valence-electron chi connectivity index (χ2n) is 13.4. The number of rotatable bonds is 5. The molecule has 4 aliphatic carbocycles. The first-order valence-corrected chi connectivity index (χ1v) is 16.0. The maximum atomic E-state index is 14.2. The van der Waals surface area contributed by atoms with Crippen LogP contribution in [0.5, 0.6) is 5.75 Å². The molecule has 50 heavy (non-hydrogen) atoms. The van der Waals surface area contributed by atoms with Gasteiger partial charge < -0.3 is 36.0 Å². The molecule has 7 rings (SSSR count). The number of amides is 2. The number of Topliss-reactive ketones (excluding diaryl/α,β-unsaturated/α-hetero) is 2. The molecular weight excluding hydrogens is 646 g/mol. The average Bonchev–Trinajstić information content (AvgIpc) is 3.39. The normalized spacial score (nSPS) is 27.0. The van der Waals surface area contributed by atoms with Gasteiger partial charge in [0.2, 0.25) is 5.78 Å². The van der Waals surface area contributed by atoms with E-state index >= 15 is 0 Å². The van der Waals surface area contributed by atoms with Gasteiger partial charge in [-0.05, 0) is 53.9 Å². The number of nitrogens with zero attached hydrogens (tertiary/aromatic N) is 1. The minimum Gasteiger partial charge on any atom is -0.508 e. The fourth-order valence-corrected chi connectivity index (χ4v) is 8.46. The minimum absolute atomic E-state index is 0.00748. The summed E-state index contributed by atoms with van der Waals surface area (Å²) in [5, 5.41) is 60.2. The number of ether oxygens (including phenoxy) is 1. The van der Waals surface area contributed by atoms with Gasteiger partial charge in [0.05, 0.1) is 29.3 Å². The first-order chi connectivity index (χ1) is 23.7. The molecule has 0 radical (unpaired) electrons. The molecule has 13 heteroatoms. The summed E-state index contributed by atoms with van der Waals surface area (Å²) in [5.41, 5.74) is 4.79. The van der Waals surface area contributed by atoms with Crippen LogP contribution in [0.2, 0.25) is 0 Å². The third-order valence-corrected chi connectivity index (χ3v) is 10.7. The number of phenolic OH excluding ortho intramolecular Hbond substituents is 1. The average molecular weight is 682 g/mol. The molecule has 4 aliphatic rings. The largest absolute Gasteiger partial charge is 0.508 e. The Morgan fingerprint density at radius 3 is 2.12 bits per heavy atom. The lowest BCUT2D eigenvalue weighted by atomic mass is 9.54. The van der Waals surface area contributed by atoms with Gasteiger partial charge in [0, 0.05) is 17.4 Å². The van der Waals surface area contributed by atoms with Crippen molar-refractivity contribution in [2.75, 3.05) is 26.0 Å². The molecule has 3 aromatic rings. The van der Waals surface area contributed by atoms with Crippen LogP contribution in [-0.2, 0) is 19.1 Å². The monoisotopic (exact) mass is 681 g/mol. The van der Waals surface area contributed by atoms with Crippen molar-refractivity contribution in [1.82, 2.24) is 4.90 Å². The molecule has 3 aromatic carbocycles. The molecular formula is C37H35N3O10. The van der Waals surface area contributed by atoms with Gasteiger partial charge in [0.15, 0.2) is 11.4 Å². The SMILES string of the molecule is C[C@H]1c2ccc(NC(=O)OCC3c4ccccc4-c4ccccc43)c(O)c2C(O)=C2C(=O)[C@@]3(O)C(O)=C(C(N)=O)C(=O)[C@@H](N(C)C)C3C(O)C21. The highest BCUT2D eigenvalue weighted by Crippen LogP contribution is 2.56. The highest BCUT2D eigenvalue weighted by atomic mass is 16.5. The zero-order chi connectivity index (χ0) is 36.0. The molecule has 1 fully saturated rings. The third kappa shape index (κ3) is 4.43. The van der Waals surface area contributed by atoms with Gasteiger partial charge in [-0.25, -0.2) is 4.79 Å². The van der Waals surface area contributed by atoms with Crippen LogP contribution in [0.4, 0.5) is 10.5 Å². The van der Waals surface area contributed by atoms with Gasteiger partial charge in [0.1, 0.15) is 29.4 Å². The van der Waals surface area contributed by atoms with E-state index in [9.17, 15) is 44.7 Å². The second kappa shape index (κ2) is 11.5. The molecule has 6 atom stereocenters. The van der Waals surface area contributed by atoms with E-state index in [1.54, 1.807) is 6.92 Å². The lowest BCUT2D eigenvalue weighted by Gasteiger charge is -2.53. The Hall–Kier alpha value is -5.50. The third-order valence-electron chi connectivity index (χ3n) is 10.7. The number of aliphatic hydroxyl groups is 4. The van der Waals surface area contributed by atoms with Crippen molar-refractivity contribution in [3.63, 3.8) is 0 Å². The standard InChI is InChI=1S/C37H35N3O10/c1-15-16-12-13-22(39-36(48)50-14-21-19-10-6-4-8-17(19)18-9-5-7-11-20(18)21)29(41)24(16)30(42)25-23(15)31(43)27-28(40(2)3)32(44)26(35(38)47)34(46)37(27,49)33(25)45/h4-13,15,21,23,27-28,31,41-43,46,49H,14H2,1-3H3,(H2,38,47)(H,39,48)/t15-,23?,27?,28-,31?,37+/m0/s1. The van der Waals surface area contributed by atoms with Gasteiger partial charge >= 0.3 is 6.09 Å². The zero-order valence-electron chi connectivity index (χ0n) is 27.2. The summed E-state index contributed by atoms with van der Waals surface area (Å²) in [6, 6.07) is 17.1. The summed E-state index contributed by atoms with van der Waals surface area (Å²) in [4.78, 5) is 54.2. The van der Waals surface area contributed by atoms with E-state index < -0.39 is 87.5 Å². The smallest absolute Gasteiger partial charge is 0.411 e. The second-order valence-corrected chi connectivity index (χ2v) is 13.4. The predicted molar refractivity (Wildman–Crippen MR) is 179 cm³/mol. The van der Waals surface area contributed by atoms with Gasteiger partial charge in [0.25, 0.3) is 5.91 Å². The fraction of sp³-hybridized carbons (Fsp3) is 0.297. The van der Waals surface area contributed by atoms with Crippen LogP contribution >= 0.6 is 0 Å². The highest BCUT2D eigenvalue weighted by molar-refractivity contribution is 6.24. The summed E-state index contributed by atoms with van der Waals surface area (Å²) in [6.07, 6.45) is -2.61. The van der Waals surface area contributed by atoms with Crippen molar-refractivity contribution in [3.05, 3.63) is 99.8 Å². The molecule has 258 valence electrons. The molecule has 8 N–H and O–H groups in total. The van der Waals surface area contributed by atoms with E-state index in [0.717, 1.165) is 22.3 Å². The highest BCUT2D eigenvalue weighted by Gasteiger charge is 2.68. The summed E-state index contributed by atoms with van der Waals surface area (Å²) >= 11 is 0. The minimum atomic E-state index is -3.03. The summed E-state index contributed by atoms with van der Waals surface area (Å²) < 4.78 is 5.60. The number of carbonyl (C=O) groups is 4. The van der Waals surface area contributed by atoms with Crippen molar-refractivity contribution in [3.8, 4) is 16.9 Å². The predicted octanol–water partition coefficient (Wildman–Crippen LogP) is 2.86. The molecule has 13 nitrogen and oxygen atoms in total. The van der Waals surface area contributed by atoms with Crippen LogP contribution < -0.4 is 11.1 Å². The van der Waals surface area contributed by atoms with Crippen LogP contribution in [-0.4, -0.2) is 92.4 Å². The summed E-state index contributed by atoms with van der Waals surface area (Å²) in [7, 11) is 2.87. The quantitative estimate of drug-likeness (QED) is 0.153. The van der Waals surface area contributed by atoms with Gasteiger partial charge in [-0.3, -0.25) is 24.6 Å². The number of aliphatic hydroxyl groups excluding tert-OH is 3. The number of carbonyl (C=O) groups excluding carboxylic acids is 4. The lowest BCUT2D eigenvalue weighted by molar-refractivity contribution is -0.169. The number of aromatic hydroxyl groups is 1. The molecule has 0 saturated heterocycles. The van der Waals surface area contributed by atoms with Crippen LogP contribution in [0.15, 0.2) is 77.6 Å². The number of ketones is 2. The van der Waals surface area contributed by atoms with Gasteiger partial charge in [-0.1, -0.05) is 61.5 Å². The van der Waals surface area contributed by atoms with Crippen molar-refractivity contribution < 1.29 is 49.4 Å². The summed E-state index contributed by atoms with van der Waals surface area (Å²) in [5.74, 6) is -10.3. The van der Waals surface area contributed by atoms with E-state index in [2.05, 4.69) is 5.32 Å². The number of benzene rings is 3. The lowest BCUT2D eigenvalue weighted by Crippen LogP contribution is -2.70. The van der Waals surface area contributed by atoms with E-state index in [1.807, 2.05) is 48.5 Å². The first kappa shape index (κ1) is 33.0. The number of nitrogens with two attached hydrogens (primary N) is 1. The summed E-state index contributed by atoms with van der Waals surface area (Å²) in [6.45, 7) is 1.61. The maximum absolute atomic E-state index is 14.2. The fourth-order valence-electron chi connectivity index (χ4n) is 8.46. The Balaban J connectivity index is 1.22. The molecule has 0 bridgehead atoms. The van der Waals surface area contributed by atoms with Crippen LogP contribution in [0.3, 0.4) is 0 Å². The van der Waals surface area contributed by atoms with E-state index in [0.29, 0.717) is 5.56 Å². The van der Waals surface area contributed by atoms with Crippen molar-refractivity contribution in [1.29, 1.82) is 0 Å². The Morgan fingerprint density at radius 2 is 1.54 bits per heavy atom. The van der Waals surface area contributed by atoms with Crippen LogP contribution in [0.25, 0.3) is 16.9 Å². The number of hydrogen-bond acceptors (Lipinski definition) is 11. The molecule has 0 heterocycles. The Morgan fingerprint density at radius 1 is 0.940 bits per heavy atom. The van der Waals surface area contributed by atoms with E-state index in [4.69, 9.17) is 10.5 Å².